The second kappa shape index (κ2) is 7.43. The van der Waals surface area contributed by atoms with Gasteiger partial charge < -0.3 is 20.7 Å². The Bertz CT molecular complexity index is 811. The van der Waals surface area contributed by atoms with E-state index in [0.717, 1.165) is 0 Å². The molecule has 1 aromatic carbocycles. The lowest BCUT2D eigenvalue weighted by Crippen LogP contribution is -2.56. The van der Waals surface area contributed by atoms with Crippen molar-refractivity contribution >= 4 is 34.9 Å². The Hall–Kier alpha value is -2.45. The van der Waals surface area contributed by atoms with Crippen LogP contribution < -0.4 is 16.0 Å². The highest BCUT2D eigenvalue weighted by atomic mass is 35.5. The largest absolute Gasteiger partial charge is 0.468 e. The Morgan fingerprint density at radius 2 is 2.08 bits per heavy atom. The fraction of sp³-hybridized carbons (Fsp3) is 0.353. The first-order chi connectivity index (χ1) is 12.4. The van der Waals surface area contributed by atoms with Gasteiger partial charge in [-0.1, -0.05) is 11.6 Å². The topological polar surface area (TPSA) is 93.4 Å². The molecule has 0 amide bonds. The molecule has 1 fully saturated rings. The molecule has 1 aromatic heterocycles. The summed E-state index contributed by atoms with van der Waals surface area (Å²) in [7, 11) is 1.34. The lowest BCUT2D eigenvalue weighted by molar-refractivity contribution is -0.147. The van der Waals surface area contributed by atoms with E-state index >= 15 is 0 Å². The van der Waals surface area contributed by atoms with Crippen molar-refractivity contribution in [3.05, 3.63) is 41.4 Å². The van der Waals surface area contributed by atoms with E-state index in [1.807, 2.05) is 4.90 Å². The molecule has 2 heterocycles. The molecular formula is C17H19ClFN5O2. The molecule has 7 nitrogen and oxygen atoms in total. The first kappa shape index (κ1) is 18.3. The van der Waals surface area contributed by atoms with Gasteiger partial charge >= 0.3 is 5.97 Å². The second-order valence-corrected chi connectivity index (χ2v) is 6.56. The van der Waals surface area contributed by atoms with Crippen LogP contribution in [0.5, 0.6) is 0 Å². The minimum Gasteiger partial charge on any atom is -0.468 e. The van der Waals surface area contributed by atoms with Crippen molar-refractivity contribution in [1.82, 2.24) is 9.97 Å². The summed E-state index contributed by atoms with van der Waals surface area (Å²) in [6, 6.07) is 6.12. The van der Waals surface area contributed by atoms with Crippen LogP contribution in [0, 0.1) is 5.82 Å². The molecule has 26 heavy (non-hydrogen) atoms. The number of ether oxygens (including phenoxy) is 1. The highest BCUT2D eigenvalue weighted by Crippen LogP contribution is 2.27. The average Bonchev–Trinajstić information content (AvgIpc) is 2.65. The van der Waals surface area contributed by atoms with Gasteiger partial charge in [0.1, 0.15) is 29.3 Å². The van der Waals surface area contributed by atoms with Gasteiger partial charge in [-0.25, -0.2) is 14.4 Å². The van der Waals surface area contributed by atoms with E-state index in [1.54, 1.807) is 12.1 Å². The zero-order valence-electron chi connectivity index (χ0n) is 14.2. The highest BCUT2D eigenvalue weighted by molar-refractivity contribution is 6.31. The van der Waals surface area contributed by atoms with Gasteiger partial charge in [-0.05, 0) is 31.0 Å². The summed E-state index contributed by atoms with van der Waals surface area (Å²) in [6.07, 6.45) is 2.38. The van der Waals surface area contributed by atoms with E-state index < -0.39 is 17.3 Å². The summed E-state index contributed by atoms with van der Waals surface area (Å²) in [6.45, 7) is 1.15. The number of rotatable bonds is 4. The number of nitrogens with two attached hydrogens (primary N) is 1. The molecule has 1 saturated heterocycles. The van der Waals surface area contributed by atoms with Crippen molar-refractivity contribution in [2.75, 3.05) is 30.4 Å². The molecule has 1 aliphatic heterocycles. The number of carbonyl (C=O) groups excluding carboxylic acids is 1. The smallest absolute Gasteiger partial charge is 0.325 e. The van der Waals surface area contributed by atoms with Crippen molar-refractivity contribution < 1.29 is 13.9 Å². The number of benzene rings is 1. The van der Waals surface area contributed by atoms with Crippen LogP contribution in [0.3, 0.4) is 0 Å². The Morgan fingerprint density at radius 3 is 2.73 bits per heavy atom. The fourth-order valence-corrected chi connectivity index (χ4v) is 3.03. The molecule has 0 bridgehead atoms. The van der Waals surface area contributed by atoms with Crippen LogP contribution in [0.1, 0.15) is 12.8 Å². The number of methoxy groups -OCH3 is 1. The van der Waals surface area contributed by atoms with E-state index in [9.17, 15) is 9.18 Å². The van der Waals surface area contributed by atoms with Crippen LogP contribution in [0.2, 0.25) is 5.02 Å². The third-order valence-electron chi connectivity index (χ3n) is 4.42. The predicted octanol–water partition coefficient (Wildman–Crippen LogP) is 2.48. The molecule has 0 aliphatic carbocycles. The standard InChI is InChI=1S/C17H19ClFN5O2/c1-26-16(25)17(20)4-6-24(7-5-17)15-9-14(21-10-22-15)23-11-2-3-13(19)12(18)8-11/h2-3,8-10H,4-7,20H2,1H3,(H,21,22,23). The van der Waals surface area contributed by atoms with Crippen LogP contribution >= 0.6 is 11.6 Å². The van der Waals surface area contributed by atoms with Gasteiger partial charge in [0.25, 0.3) is 0 Å². The van der Waals surface area contributed by atoms with Crippen molar-refractivity contribution in [3.63, 3.8) is 0 Å². The zero-order chi connectivity index (χ0) is 18.7. The molecule has 0 radical (unpaired) electrons. The van der Waals surface area contributed by atoms with Gasteiger partial charge in [0, 0.05) is 24.8 Å². The Balaban J connectivity index is 1.70. The van der Waals surface area contributed by atoms with Crippen molar-refractivity contribution in [2.45, 2.75) is 18.4 Å². The molecule has 2 aromatic rings. The molecule has 1 aliphatic rings. The Kier molecular flexibility index (Phi) is 5.24. The number of esters is 1. The molecule has 0 atom stereocenters. The van der Waals surface area contributed by atoms with Crippen molar-refractivity contribution in [2.24, 2.45) is 5.73 Å². The quantitative estimate of drug-likeness (QED) is 0.788. The van der Waals surface area contributed by atoms with E-state index in [0.29, 0.717) is 43.3 Å². The summed E-state index contributed by atoms with van der Waals surface area (Å²) in [4.78, 5) is 22.3. The SMILES string of the molecule is COC(=O)C1(N)CCN(c2cc(Nc3ccc(F)c(Cl)c3)ncn2)CC1. The third-order valence-corrected chi connectivity index (χ3v) is 4.71. The van der Waals surface area contributed by atoms with Gasteiger partial charge in [0.05, 0.1) is 12.1 Å². The molecule has 0 saturated carbocycles. The highest BCUT2D eigenvalue weighted by Gasteiger charge is 2.39. The third kappa shape index (κ3) is 3.86. The van der Waals surface area contributed by atoms with E-state index in [1.165, 1.54) is 25.6 Å². The number of hydrogen-bond donors (Lipinski definition) is 2. The number of nitrogens with zero attached hydrogens (tertiary/aromatic N) is 3. The normalized spacial score (nSPS) is 16.2. The van der Waals surface area contributed by atoms with Gasteiger partial charge in [-0.3, -0.25) is 4.79 Å². The lowest BCUT2D eigenvalue weighted by Gasteiger charge is -2.37. The Labute approximate surface area is 155 Å². The molecule has 138 valence electrons. The molecular weight excluding hydrogens is 361 g/mol. The van der Waals surface area contributed by atoms with Gasteiger partial charge in [0.15, 0.2) is 0 Å². The lowest BCUT2D eigenvalue weighted by atomic mass is 9.89. The second-order valence-electron chi connectivity index (χ2n) is 6.15. The van der Waals surface area contributed by atoms with Crippen LogP contribution in [0.25, 0.3) is 0 Å². The summed E-state index contributed by atoms with van der Waals surface area (Å²) in [5, 5.41) is 3.10. The molecule has 0 unspecified atom stereocenters. The molecule has 9 heteroatoms. The first-order valence-corrected chi connectivity index (χ1v) is 8.45. The Morgan fingerprint density at radius 1 is 1.35 bits per heavy atom. The van der Waals surface area contributed by atoms with Crippen LogP contribution in [-0.2, 0) is 9.53 Å². The molecule has 0 spiro atoms. The van der Waals surface area contributed by atoms with Gasteiger partial charge in [-0.2, -0.15) is 0 Å². The van der Waals surface area contributed by atoms with Gasteiger partial charge in [0.2, 0.25) is 0 Å². The van der Waals surface area contributed by atoms with Crippen LogP contribution in [-0.4, -0.2) is 41.7 Å². The maximum absolute atomic E-state index is 13.3. The molecule has 3 rings (SSSR count). The van der Waals surface area contributed by atoms with E-state index in [-0.39, 0.29) is 5.02 Å². The summed E-state index contributed by atoms with van der Waals surface area (Å²) in [5.74, 6) is 0.387. The van der Waals surface area contributed by atoms with Gasteiger partial charge in [-0.15, -0.1) is 0 Å². The fourth-order valence-electron chi connectivity index (χ4n) is 2.85. The number of nitrogens with one attached hydrogen (secondary N) is 1. The summed E-state index contributed by atoms with van der Waals surface area (Å²) in [5.41, 5.74) is 5.79. The number of hydrogen-bond acceptors (Lipinski definition) is 7. The summed E-state index contributed by atoms with van der Waals surface area (Å²) >= 11 is 5.79. The average molecular weight is 380 g/mol. The number of halogens is 2. The number of aromatic nitrogens is 2. The van der Waals surface area contributed by atoms with E-state index in [2.05, 4.69) is 15.3 Å². The monoisotopic (exact) mass is 379 g/mol. The van der Waals surface area contributed by atoms with Crippen molar-refractivity contribution in [1.29, 1.82) is 0 Å². The number of piperidine rings is 1. The predicted molar refractivity (Wildman–Crippen MR) is 97.1 cm³/mol. The first-order valence-electron chi connectivity index (χ1n) is 8.08. The maximum Gasteiger partial charge on any atom is 0.325 e. The van der Waals surface area contributed by atoms with Crippen LogP contribution in [0.15, 0.2) is 30.6 Å². The van der Waals surface area contributed by atoms with Crippen LogP contribution in [0.4, 0.5) is 21.7 Å². The van der Waals surface area contributed by atoms with E-state index in [4.69, 9.17) is 22.1 Å². The summed E-state index contributed by atoms with van der Waals surface area (Å²) < 4.78 is 18.0. The zero-order valence-corrected chi connectivity index (χ0v) is 15.0. The number of carbonyl (C=O) groups is 1. The number of anilines is 3. The minimum absolute atomic E-state index is 0.0300. The minimum atomic E-state index is -0.954. The molecule has 3 N–H and O–H groups in total. The maximum atomic E-state index is 13.3. The van der Waals surface area contributed by atoms with Crippen molar-refractivity contribution in [3.8, 4) is 0 Å².